The first-order chi connectivity index (χ1) is 8.82. The van der Waals surface area contributed by atoms with Gasteiger partial charge < -0.3 is 0 Å². The van der Waals surface area contributed by atoms with Crippen LogP contribution in [0.15, 0.2) is 40.4 Å². The molecular weight excluding hydrogens is 335 g/mol. The van der Waals surface area contributed by atoms with Crippen molar-refractivity contribution in [2.45, 2.75) is 5.37 Å². The molecule has 19 heavy (non-hydrogen) atoms. The molecule has 102 valence electrons. The zero-order valence-electron chi connectivity index (χ0n) is 9.18. The summed E-state index contributed by atoms with van der Waals surface area (Å²) in [5.74, 6) is -0.702. The fourth-order valence-electron chi connectivity index (χ4n) is 1.59. The van der Waals surface area contributed by atoms with Gasteiger partial charge in [0.2, 0.25) is 5.37 Å². The highest BCUT2D eigenvalue weighted by Crippen LogP contribution is 2.33. The van der Waals surface area contributed by atoms with E-state index < -0.39 is 25.4 Å². The normalized spacial score (nSPS) is 20.5. The summed E-state index contributed by atoms with van der Waals surface area (Å²) in [5, 5.41) is -1.16. The van der Waals surface area contributed by atoms with Crippen LogP contribution < -0.4 is 10.4 Å². The summed E-state index contributed by atoms with van der Waals surface area (Å²) in [6.07, 6.45) is 0. The smallest absolute Gasteiger partial charge is 0.266 e. The molecule has 2 rings (SSSR count). The Morgan fingerprint density at radius 1 is 1.16 bits per heavy atom. The van der Waals surface area contributed by atoms with Crippen LogP contribution in [-0.4, -0.2) is 19.7 Å². The topological polar surface area (TPSA) is 66.5 Å². The van der Waals surface area contributed by atoms with E-state index >= 15 is 0 Å². The molecule has 1 amide bonds. The molecule has 1 unspecified atom stereocenters. The minimum atomic E-state index is -4.12. The van der Waals surface area contributed by atoms with Crippen molar-refractivity contribution in [3.8, 4) is 0 Å². The van der Waals surface area contributed by atoms with Crippen molar-refractivity contribution in [3.63, 3.8) is 0 Å². The van der Waals surface area contributed by atoms with Crippen LogP contribution >= 0.6 is 33.9 Å². The average molecular weight is 342 g/mol. The highest BCUT2D eigenvalue weighted by atomic mass is 35.7. The number of carbonyl (C=O) groups excluding carboxylic acids is 1. The molecule has 1 aliphatic heterocycles. The molecule has 0 bridgehead atoms. The number of rotatable bonds is 2. The quantitative estimate of drug-likeness (QED) is 0.837. The van der Waals surface area contributed by atoms with Gasteiger partial charge in [0.25, 0.3) is 15.0 Å². The van der Waals surface area contributed by atoms with E-state index in [0.717, 1.165) is 5.01 Å². The third kappa shape index (κ3) is 2.81. The lowest BCUT2D eigenvalue weighted by Crippen LogP contribution is -2.55. The second-order valence-electron chi connectivity index (χ2n) is 3.64. The number of nitrogens with one attached hydrogen (secondary N) is 1. The molecule has 1 aromatic carbocycles. The van der Waals surface area contributed by atoms with Gasteiger partial charge in [0.15, 0.2) is 0 Å². The van der Waals surface area contributed by atoms with Gasteiger partial charge >= 0.3 is 0 Å². The number of hydrogen-bond donors (Lipinski definition) is 1. The molecule has 0 fully saturated rings. The van der Waals surface area contributed by atoms with Crippen molar-refractivity contribution in [3.05, 3.63) is 40.4 Å². The molecule has 5 nitrogen and oxygen atoms in total. The largest absolute Gasteiger partial charge is 0.282 e. The summed E-state index contributed by atoms with van der Waals surface area (Å²) in [5.41, 5.74) is 2.74. The van der Waals surface area contributed by atoms with Crippen molar-refractivity contribution < 1.29 is 13.2 Å². The molecule has 0 saturated carbocycles. The van der Waals surface area contributed by atoms with Crippen LogP contribution in [0.1, 0.15) is 0 Å². The van der Waals surface area contributed by atoms with Crippen LogP contribution in [0.4, 0.5) is 5.69 Å². The van der Waals surface area contributed by atoms with Crippen LogP contribution in [0.2, 0.25) is 0 Å². The Hall–Kier alpha value is -0.950. The predicted octanol–water partition coefficient (Wildman–Crippen LogP) is 2.12. The van der Waals surface area contributed by atoms with E-state index in [1.54, 1.807) is 30.3 Å². The summed E-state index contributed by atoms with van der Waals surface area (Å²) in [6, 6.07) is 8.28. The summed E-state index contributed by atoms with van der Waals surface area (Å²) >= 11 is 11.5. The summed E-state index contributed by atoms with van der Waals surface area (Å²) in [6.45, 7) is 0. The van der Waals surface area contributed by atoms with E-state index in [1.165, 1.54) is 0 Å². The minimum absolute atomic E-state index is 0.343. The van der Waals surface area contributed by atoms with Crippen LogP contribution in [-0.2, 0) is 13.8 Å². The highest BCUT2D eigenvalue weighted by Gasteiger charge is 2.41. The molecule has 1 atom stereocenters. The second-order valence-corrected chi connectivity index (χ2v) is 7.11. The molecule has 0 saturated heterocycles. The highest BCUT2D eigenvalue weighted by molar-refractivity contribution is 8.14. The third-order valence-electron chi connectivity index (χ3n) is 2.38. The second kappa shape index (κ2) is 5.20. The molecule has 1 aromatic rings. The van der Waals surface area contributed by atoms with Gasteiger partial charge in [0.05, 0.1) is 10.7 Å². The van der Waals surface area contributed by atoms with Gasteiger partial charge in [-0.25, -0.2) is 8.42 Å². The predicted molar refractivity (Wildman–Crippen MR) is 74.4 cm³/mol. The molecule has 1 N–H and O–H groups in total. The number of hydrazine groups is 1. The fraction of sp³-hybridized carbons (Fsp3) is 0.100. The number of para-hydroxylation sites is 1. The first-order valence-electron chi connectivity index (χ1n) is 4.96. The number of nitrogens with zero attached hydrogens (tertiary/aromatic N) is 1. The Morgan fingerprint density at radius 3 is 2.26 bits per heavy atom. The average Bonchev–Trinajstić information content (AvgIpc) is 2.35. The Kier molecular flexibility index (Phi) is 3.96. The Labute approximate surface area is 124 Å². The zero-order chi connectivity index (χ0) is 14.2. The zero-order valence-corrected chi connectivity index (χ0v) is 12.3. The van der Waals surface area contributed by atoms with Gasteiger partial charge in [-0.05, 0) is 12.1 Å². The maximum atomic E-state index is 11.6. The molecule has 0 radical (unpaired) electrons. The SMILES string of the molecule is O=C1NN(c2ccccc2)C(S(=O)(=O)Cl)C(Cl)=C1Cl. The molecule has 0 aliphatic carbocycles. The molecule has 9 heteroatoms. The van der Waals surface area contributed by atoms with Crippen molar-refractivity contribution in [2.75, 3.05) is 5.01 Å². The minimum Gasteiger partial charge on any atom is -0.266 e. The first-order valence-corrected chi connectivity index (χ1v) is 8.09. The van der Waals surface area contributed by atoms with Crippen LogP contribution in [0, 0.1) is 0 Å². The van der Waals surface area contributed by atoms with E-state index in [1.807, 2.05) is 0 Å². The van der Waals surface area contributed by atoms with E-state index in [-0.39, 0.29) is 5.03 Å². The summed E-state index contributed by atoms with van der Waals surface area (Å²) < 4.78 is 23.3. The van der Waals surface area contributed by atoms with Gasteiger partial charge in [-0.1, -0.05) is 41.4 Å². The third-order valence-corrected chi connectivity index (χ3v) is 4.87. The van der Waals surface area contributed by atoms with Crippen molar-refractivity contribution >= 4 is 54.5 Å². The fourth-order valence-corrected chi connectivity index (χ4v) is 3.77. The van der Waals surface area contributed by atoms with Crippen LogP contribution in [0.3, 0.4) is 0 Å². The van der Waals surface area contributed by atoms with Gasteiger partial charge in [-0.2, -0.15) is 0 Å². The van der Waals surface area contributed by atoms with E-state index in [0.29, 0.717) is 5.69 Å². The Bertz CT molecular complexity index is 645. The lowest BCUT2D eigenvalue weighted by atomic mass is 10.3. The summed E-state index contributed by atoms with van der Waals surface area (Å²) in [7, 11) is 1.25. The van der Waals surface area contributed by atoms with Gasteiger partial charge in [-0.15, -0.1) is 0 Å². The van der Waals surface area contributed by atoms with E-state index in [9.17, 15) is 13.2 Å². The van der Waals surface area contributed by atoms with Crippen LogP contribution in [0.5, 0.6) is 0 Å². The lowest BCUT2D eigenvalue weighted by molar-refractivity contribution is -0.117. The Balaban J connectivity index is 2.58. The maximum absolute atomic E-state index is 11.6. The Morgan fingerprint density at radius 2 is 1.74 bits per heavy atom. The number of anilines is 1. The number of amides is 1. The monoisotopic (exact) mass is 340 g/mol. The lowest BCUT2D eigenvalue weighted by Gasteiger charge is -2.34. The number of hydrogen-bond acceptors (Lipinski definition) is 4. The molecular formula is C10H7Cl3N2O3S. The van der Waals surface area contributed by atoms with Gasteiger partial charge in [0, 0.05) is 10.7 Å². The molecule has 1 heterocycles. The molecule has 1 aliphatic rings. The van der Waals surface area contributed by atoms with Crippen molar-refractivity contribution in [2.24, 2.45) is 0 Å². The van der Waals surface area contributed by atoms with Gasteiger partial charge in [0.1, 0.15) is 5.03 Å². The molecule has 0 aromatic heterocycles. The van der Waals surface area contributed by atoms with E-state index in [2.05, 4.69) is 5.43 Å². The number of benzene rings is 1. The first kappa shape index (κ1) is 14.5. The van der Waals surface area contributed by atoms with Crippen molar-refractivity contribution in [1.29, 1.82) is 0 Å². The maximum Gasteiger partial charge on any atom is 0.282 e. The van der Waals surface area contributed by atoms with Crippen LogP contribution in [0.25, 0.3) is 0 Å². The van der Waals surface area contributed by atoms with Crippen molar-refractivity contribution in [1.82, 2.24) is 5.43 Å². The number of carbonyl (C=O) groups is 1. The van der Waals surface area contributed by atoms with E-state index in [4.69, 9.17) is 33.9 Å². The molecule has 0 spiro atoms. The number of halogens is 3. The standard InChI is InChI=1S/C10H7Cl3N2O3S/c11-7-8(12)10(19(13,17)18)15(14-9(7)16)6-4-2-1-3-5-6/h1-5,10H,(H,14,16). The summed E-state index contributed by atoms with van der Waals surface area (Å²) in [4.78, 5) is 11.6. The van der Waals surface area contributed by atoms with Gasteiger partial charge in [-0.3, -0.25) is 15.2 Å².